The van der Waals surface area contributed by atoms with E-state index in [0.29, 0.717) is 14.3 Å². The molecule has 0 heterocycles. The van der Waals surface area contributed by atoms with E-state index < -0.39 is 0 Å². The lowest BCUT2D eigenvalue weighted by molar-refractivity contribution is 0.475. The first kappa shape index (κ1) is 16.4. The van der Waals surface area contributed by atoms with E-state index in [9.17, 15) is 5.11 Å². The average Bonchev–Trinajstić information content (AvgIpc) is 2.60. The molecule has 24 heavy (non-hydrogen) atoms. The van der Waals surface area contributed by atoms with Gasteiger partial charge in [-0.25, -0.2) is 0 Å². The van der Waals surface area contributed by atoms with Gasteiger partial charge < -0.3 is 5.11 Å². The molecule has 0 spiro atoms. The highest BCUT2D eigenvalue weighted by Gasteiger charge is 2.08. The average molecular weight is 333 g/mol. The summed E-state index contributed by atoms with van der Waals surface area (Å²) in [6.07, 6.45) is 1.91. The van der Waals surface area contributed by atoms with Crippen LogP contribution in [-0.2, 0) is 0 Å². The number of aryl methyl sites for hydroxylation is 2. The van der Waals surface area contributed by atoms with Crippen LogP contribution < -0.4 is 10.6 Å². The van der Waals surface area contributed by atoms with E-state index in [1.165, 1.54) is 10.9 Å². The molecular formula is C21H20NOP. The summed E-state index contributed by atoms with van der Waals surface area (Å²) in [6.45, 7) is 4.01. The minimum Gasteiger partial charge on any atom is -0.507 e. The Labute approximate surface area is 144 Å². The number of rotatable bonds is 4. The quantitative estimate of drug-likeness (QED) is 0.557. The molecule has 1 atom stereocenters. The van der Waals surface area contributed by atoms with Gasteiger partial charge in [0.15, 0.2) is 0 Å². The first-order valence-corrected chi connectivity index (χ1v) is 8.89. The van der Waals surface area contributed by atoms with Gasteiger partial charge in [0, 0.05) is 17.1 Å². The van der Waals surface area contributed by atoms with E-state index in [1.54, 1.807) is 0 Å². The maximum atomic E-state index is 10.3. The summed E-state index contributed by atoms with van der Waals surface area (Å²) in [5.41, 5.74) is 4.14. The van der Waals surface area contributed by atoms with Gasteiger partial charge in [0.25, 0.3) is 0 Å². The molecular weight excluding hydrogens is 313 g/mol. The fraction of sp³-hybridized carbons (Fsp3) is 0.0952. The van der Waals surface area contributed by atoms with Crippen molar-refractivity contribution < 1.29 is 5.11 Å². The molecule has 1 unspecified atom stereocenters. The van der Waals surface area contributed by atoms with Gasteiger partial charge in [-0.2, -0.15) is 0 Å². The van der Waals surface area contributed by atoms with Gasteiger partial charge in [0.2, 0.25) is 0 Å². The summed E-state index contributed by atoms with van der Waals surface area (Å²) in [6, 6.07) is 22.2. The normalized spacial score (nSPS) is 11.6. The number of hydrogen-bond donors (Lipinski definition) is 1. The highest BCUT2D eigenvalue weighted by atomic mass is 31.1. The molecule has 3 aromatic carbocycles. The summed E-state index contributed by atoms with van der Waals surface area (Å²) in [5.74, 6) is 0.391. The number of para-hydroxylation sites is 2. The minimum absolute atomic E-state index is 0.391. The van der Waals surface area contributed by atoms with Crippen molar-refractivity contribution in [2.45, 2.75) is 13.8 Å². The van der Waals surface area contributed by atoms with Gasteiger partial charge in [-0.15, -0.1) is 0 Å². The zero-order chi connectivity index (χ0) is 16.9. The number of aliphatic imine (C=N–C) groups is 1. The molecule has 0 aliphatic heterocycles. The zero-order valence-electron chi connectivity index (χ0n) is 13.8. The second kappa shape index (κ2) is 7.42. The molecule has 2 nitrogen and oxygen atoms in total. The van der Waals surface area contributed by atoms with Crippen molar-refractivity contribution in [2.24, 2.45) is 4.99 Å². The molecule has 0 saturated carbocycles. The molecule has 0 aliphatic rings. The Bertz CT molecular complexity index is 872. The number of phenols is 1. The second-order valence-electron chi connectivity index (χ2n) is 5.78. The van der Waals surface area contributed by atoms with Crippen LogP contribution in [0.1, 0.15) is 16.7 Å². The second-order valence-corrected chi connectivity index (χ2v) is 7.11. The molecule has 3 aromatic rings. The third-order valence-corrected chi connectivity index (χ3v) is 5.22. The van der Waals surface area contributed by atoms with Crippen LogP contribution in [0.25, 0.3) is 0 Å². The first-order valence-electron chi connectivity index (χ1n) is 7.89. The van der Waals surface area contributed by atoms with Crippen LogP contribution in [0, 0.1) is 13.8 Å². The summed E-state index contributed by atoms with van der Waals surface area (Å²) in [5, 5.41) is 12.4. The van der Waals surface area contributed by atoms with Gasteiger partial charge in [-0.3, -0.25) is 4.99 Å². The SMILES string of the molecule is Cc1ccc(Pc2cccc(C)c2O)c(C=Nc2ccccc2)c1. The third-order valence-electron chi connectivity index (χ3n) is 3.82. The van der Waals surface area contributed by atoms with E-state index in [1.807, 2.05) is 61.7 Å². The first-order chi connectivity index (χ1) is 11.6. The Hall–Kier alpha value is -2.44. The molecule has 120 valence electrons. The molecule has 3 heteroatoms. The number of phenolic OH excluding ortho intramolecular Hbond substituents is 1. The summed E-state index contributed by atoms with van der Waals surface area (Å²) in [7, 11) is 0.393. The predicted molar refractivity (Wildman–Crippen MR) is 105 cm³/mol. The van der Waals surface area contributed by atoms with Crippen LogP contribution in [0.4, 0.5) is 5.69 Å². The molecule has 3 rings (SSSR count). The van der Waals surface area contributed by atoms with Crippen molar-refractivity contribution in [2.75, 3.05) is 0 Å². The summed E-state index contributed by atoms with van der Waals surface area (Å²) >= 11 is 0. The molecule has 1 N–H and O–H groups in total. The van der Waals surface area contributed by atoms with E-state index in [4.69, 9.17) is 0 Å². The largest absolute Gasteiger partial charge is 0.507 e. The van der Waals surface area contributed by atoms with E-state index in [0.717, 1.165) is 22.1 Å². The fourth-order valence-corrected chi connectivity index (χ4v) is 3.70. The van der Waals surface area contributed by atoms with E-state index >= 15 is 0 Å². The van der Waals surface area contributed by atoms with Gasteiger partial charge >= 0.3 is 0 Å². The predicted octanol–water partition coefficient (Wildman–Crippen LogP) is 4.39. The molecule has 0 radical (unpaired) electrons. The van der Waals surface area contributed by atoms with Crippen molar-refractivity contribution in [3.05, 3.63) is 83.4 Å². The van der Waals surface area contributed by atoms with Crippen molar-refractivity contribution in [3.63, 3.8) is 0 Å². The zero-order valence-corrected chi connectivity index (χ0v) is 14.8. The molecule has 0 saturated heterocycles. The maximum absolute atomic E-state index is 10.3. The fourth-order valence-electron chi connectivity index (χ4n) is 2.47. The van der Waals surface area contributed by atoms with E-state index in [-0.39, 0.29) is 0 Å². The van der Waals surface area contributed by atoms with Crippen molar-refractivity contribution in [1.29, 1.82) is 0 Å². The summed E-state index contributed by atoms with van der Waals surface area (Å²) < 4.78 is 0. The van der Waals surface area contributed by atoms with Crippen molar-refractivity contribution >= 4 is 31.1 Å². The van der Waals surface area contributed by atoms with Crippen LogP contribution >= 0.6 is 8.58 Å². The van der Waals surface area contributed by atoms with Gasteiger partial charge in [0.05, 0.1) is 5.69 Å². The number of aromatic hydroxyl groups is 1. The molecule has 0 aliphatic carbocycles. The highest BCUT2D eigenvalue weighted by molar-refractivity contribution is 7.56. The van der Waals surface area contributed by atoms with Crippen LogP contribution in [0.3, 0.4) is 0 Å². The molecule has 0 bridgehead atoms. The van der Waals surface area contributed by atoms with Crippen molar-refractivity contribution in [1.82, 2.24) is 0 Å². The lowest BCUT2D eigenvalue weighted by Gasteiger charge is -2.10. The number of nitrogens with zero attached hydrogens (tertiary/aromatic N) is 1. The van der Waals surface area contributed by atoms with Crippen LogP contribution in [0.5, 0.6) is 5.75 Å². The van der Waals surface area contributed by atoms with Crippen molar-refractivity contribution in [3.8, 4) is 5.75 Å². The Morgan fingerprint density at radius 2 is 1.67 bits per heavy atom. The molecule has 0 amide bonds. The monoisotopic (exact) mass is 333 g/mol. The highest BCUT2D eigenvalue weighted by Crippen LogP contribution is 2.23. The Morgan fingerprint density at radius 1 is 0.875 bits per heavy atom. The van der Waals surface area contributed by atoms with Gasteiger partial charge in [-0.1, -0.05) is 62.7 Å². The minimum atomic E-state index is 0.391. The molecule has 0 aromatic heterocycles. The smallest absolute Gasteiger partial charge is 0.126 e. The number of hydrogen-bond acceptors (Lipinski definition) is 2. The van der Waals surface area contributed by atoms with Crippen LogP contribution in [0.15, 0.2) is 71.7 Å². The van der Waals surface area contributed by atoms with Crippen LogP contribution in [-0.4, -0.2) is 11.3 Å². The standard InChI is InChI=1S/C21H20NOP/c1-15-11-12-19(24-20-10-6-7-16(2)21(20)23)17(13-15)14-22-18-8-4-3-5-9-18/h3-14,23-24H,1-2H3. The Balaban J connectivity index is 1.94. The van der Waals surface area contributed by atoms with Crippen LogP contribution in [0.2, 0.25) is 0 Å². The topological polar surface area (TPSA) is 32.6 Å². The van der Waals surface area contributed by atoms with Gasteiger partial charge in [0.1, 0.15) is 5.75 Å². The van der Waals surface area contributed by atoms with E-state index in [2.05, 4.69) is 30.1 Å². The lowest BCUT2D eigenvalue weighted by Crippen LogP contribution is -2.10. The maximum Gasteiger partial charge on any atom is 0.126 e. The Kier molecular flexibility index (Phi) is 5.08. The lowest BCUT2D eigenvalue weighted by atomic mass is 10.1. The number of benzene rings is 3. The van der Waals surface area contributed by atoms with Gasteiger partial charge in [-0.05, 0) is 42.9 Å². The summed E-state index contributed by atoms with van der Waals surface area (Å²) in [4.78, 5) is 4.58. The third kappa shape index (κ3) is 3.90. The Morgan fingerprint density at radius 3 is 2.46 bits per heavy atom. The molecule has 0 fully saturated rings.